The predicted octanol–water partition coefficient (Wildman–Crippen LogP) is -0.338. The molecule has 1 saturated heterocycles. The molecule has 11 heavy (non-hydrogen) atoms. The summed E-state index contributed by atoms with van der Waals surface area (Å²) in [4.78, 5) is 2.46. The first-order valence-corrected chi connectivity index (χ1v) is 4.06. The molecular formula is C7H18ClN3. The topological polar surface area (TPSA) is 41.3 Å². The molecule has 0 atom stereocenters. The van der Waals surface area contributed by atoms with Crippen molar-refractivity contribution in [2.24, 2.45) is 5.73 Å². The fourth-order valence-electron chi connectivity index (χ4n) is 1.25. The highest BCUT2D eigenvalue weighted by atomic mass is 35.5. The summed E-state index contributed by atoms with van der Waals surface area (Å²) in [6.45, 7) is 6.68. The van der Waals surface area contributed by atoms with E-state index in [1.54, 1.807) is 0 Å². The Morgan fingerprint density at radius 3 is 2.45 bits per heavy atom. The Labute approximate surface area is 74.7 Å². The summed E-state index contributed by atoms with van der Waals surface area (Å²) < 4.78 is 0. The number of rotatable bonds is 3. The molecule has 0 unspecified atom stereocenters. The van der Waals surface area contributed by atoms with Crippen LogP contribution in [-0.2, 0) is 0 Å². The average molecular weight is 180 g/mol. The van der Waals surface area contributed by atoms with E-state index in [1.165, 1.54) is 19.6 Å². The second-order valence-electron chi connectivity index (χ2n) is 2.73. The molecule has 0 aromatic rings. The highest BCUT2D eigenvalue weighted by molar-refractivity contribution is 5.85. The van der Waals surface area contributed by atoms with Crippen LogP contribution in [0.15, 0.2) is 0 Å². The summed E-state index contributed by atoms with van der Waals surface area (Å²) in [5.41, 5.74) is 5.40. The van der Waals surface area contributed by atoms with E-state index in [1.807, 2.05) is 0 Å². The van der Waals surface area contributed by atoms with Gasteiger partial charge in [-0.2, -0.15) is 0 Å². The molecule has 0 amide bonds. The zero-order valence-electron chi connectivity index (χ0n) is 6.88. The minimum absolute atomic E-state index is 0. The van der Waals surface area contributed by atoms with Crippen LogP contribution in [0.3, 0.4) is 0 Å². The van der Waals surface area contributed by atoms with Gasteiger partial charge in [-0.25, -0.2) is 0 Å². The van der Waals surface area contributed by atoms with Crippen LogP contribution in [-0.4, -0.2) is 44.2 Å². The van der Waals surface area contributed by atoms with Crippen molar-refractivity contribution in [2.45, 2.75) is 6.42 Å². The zero-order valence-corrected chi connectivity index (χ0v) is 7.70. The van der Waals surface area contributed by atoms with Crippen molar-refractivity contribution in [1.29, 1.82) is 0 Å². The molecule has 0 aromatic heterocycles. The van der Waals surface area contributed by atoms with Crippen molar-refractivity contribution < 1.29 is 0 Å². The van der Waals surface area contributed by atoms with Gasteiger partial charge in [-0.15, -0.1) is 12.4 Å². The third-order valence-electron chi connectivity index (χ3n) is 1.89. The first-order valence-electron chi connectivity index (χ1n) is 4.06. The molecule has 1 aliphatic rings. The lowest BCUT2D eigenvalue weighted by atomic mass is 10.3. The number of hydrogen-bond donors (Lipinski definition) is 2. The van der Waals surface area contributed by atoms with E-state index in [0.29, 0.717) is 0 Å². The van der Waals surface area contributed by atoms with Crippen LogP contribution in [0.2, 0.25) is 0 Å². The minimum atomic E-state index is 0. The number of nitrogens with one attached hydrogen (secondary N) is 1. The Morgan fingerprint density at radius 2 is 1.91 bits per heavy atom. The summed E-state index contributed by atoms with van der Waals surface area (Å²) in [7, 11) is 0. The van der Waals surface area contributed by atoms with E-state index in [0.717, 1.165) is 26.1 Å². The number of nitrogens with zero attached hydrogens (tertiary/aromatic N) is 1. The van der Waals surface area contributed by atoms with Crippen LogP contribution in [0.25, 0.3) is 0 Å². The summed E-state index contributed by atoms with van der Waals surface area (Å²) in [6, 6.07) is 0. The molecule has 1 fully saturated rings. The first kappa shape index (κ1) is 11.2. The lowest BCUT2D eigenvalue weighted by molar-refractivity contribution is 0.240. The maximum Gasteiger partial charge on any atom is 0.0107 e. The molecule has 3 nitrogen and oxygen atoms in total. The van der Waals surface area contributed by atoms with Gasteiger partial charge < -0.3 is 16.0 Å². The molecule has 0 spiro atoms. The van der Waals surface area contributed by atoms with E-state index in [-0.39, 0.29) is 12.4 Å². The SMILES string of the molecule is Cl.NCCCN1CCNCC1. The quantitative estimate of drug-likeness (QED) is 0.623. The molecule has 4 heteroatoms. The highest BCUT2D eigenvalue weighted by Crippen LogP contribution is 1.92. The third-order valence-corrected chi connectivity index (χ3v) is 1.89. The van der Waals surface area contributed by atoms with Crippen LogP contribution >= 0.6 is 12.4 Å². The highest BCUT2D eigenvalue weighted by Gasteiger charge is 2.06. The van der Waals surface area contributed by atoms with E-state index >= 15 is 0 Å². The first-order chi connectivity index (χ1) is 4.93. The van der Waals surface area contributed by atoms with Crippen molar-refractivity contribution in [2.75, 3.05) is 39.3 Å². The normalized spacial score (nSPS) is 19.4. The van der Waals surface area contributed by atoms with Crippen LogP contribution in [0, 0.1) is 0 Å². The largest absolute Gasteiger partial charge is 0.330 e. The molecule has 1 aliphatic heterocycles. The Hall–Kier alpha value is 0.170. The monoisotopic (exact) mass is 179 g/mol. The van der Waals surface area contributed by atoms with Gasteiger partial charge in [-0.1, -0.05) is 0 Å². The summed E-state index contributed by atoms with van der Waals surface area (Å²) in [5.74, 6) is 0. The van der Waals surface area contributed by atoms with Crippen LogP contribution in [0.1, 0.15) is 6.42 Å². The Balaban J connectivity index is 0.000001000. The van der Waals surface area contributed by atoms with E-state index in [9.17, 15) is 0 Å². The molecule has 1 rings (SSSR count). The second kappa shape index (κ2) is 6.85. The van der Waals surface area contributed by atoms with E-state index in [4.69, 9.17) is 5.73 Å². The molecule has 0 bridgehead atoms. The van der Waals surface area contributed by atoms with Gasteiger partial charge >= 0.3 is 0 Å². The Bertz CT molecular complexity index is 83.8. The summed E-state index contributed by atoms with van der Waals surface area (Å²) >= 11 is 0. The molecular weight excluding hydrogens is 162 g/mol. The number of nitrogens with two attached hydrogens (primary N) is 1. The standard InChI is InChI=1S/C7H17N3.ClH/c8-2-1-5-10-6-3-9-4-7-10;/h9H,1-8H2;1H. The van der Waals surface area contributed by atoms with Crippen LogP contribution in [0.5, 0.6) is 0 Å². The molecule has 1 heterocycles. The van der Waals surface area contributed by atoms with Gasteiger partial charge in [0, 0.05) is 26.2 Å². The van der Waals surface area contributed by atoms with Crippen LogP contribution in [0.4, 0.5) is 0 Å². The van der Waals surface area contributed by atoms with Crippen LogP contribution < -0.4 is 11.1 Å². The van der Waals surface area contributed by atoms with Crippen molar-refractivity contribution in [3.8, 4) is 0 Å². The lowest BCUT2D eigenvalue weighted by Crippen LogP contribution is -2.44. The van der Waals surface area contributed by atoms with Crippen molar-refractivity contribution in [1.82, 2.24) is 10.2 Å². The average Bonchev–Trinajstić information content (AvgIpc) is 2.03. The molecule has 0 aromatic carbocycles. The summed E-state index contributed by atoms with van der Waals surface area (Å²) in [5, 5.41) is 3.32. The van der Waals surface area contributed by atoms with Gasteiger partial charge in [0.1, 0.15) is 0 Å². The predicted molar refractivity (Wildman–Crippen MR) is 50.2 cm³/mol. The van der Waals surface area contributed by atoms with Gasteiger partial charge in [0.05, 0.1) is 0 Å². The molecule has 0 aliphatic carbocycles. The Kier molecular flexibility index (Phi) is 6.96. The Morgan fingerprint density at radius 1 is 1.27 bits per heavy atom. The maximum absolute atomic E-state index is 5.40. The number of hydrogen-bond acceptors (Lipinski definition) is 3. The fourth-order valence-corrected chi connectivity index (χ4v) is 1.25. The zero-order chi connectivity index (χ0) is 7.23. The molecule has 3 N–H and O–H groups in total. The third kappa shape index (κ3) is 4.58. The van der Waals surface area contributed by atoms with Gasteiger partial charge in [0.2, 0.25) is 0 Å². The molecule has 0 saturated carbocycles. The fraction of sp³-hybridized carbons (Fsp3) is 1.00. The van der Waals surface area contributed by atoms with Gasteiger partial charge in [-0.05, 0) is 19.5 Å². The molecule has 0 radical (unpaired) electrons. The van der Waals surface area contributed by atoms with Crippen molar-refractivity contribution >= 4 is 12.4 Å². The van der Waals surface area contributed by atoms with Crippen molar-refractivity contribution in [3.05, 3.63) is 0 Å². The van der Waals surface area contributed by atoms with E-state index in [2.05, 4.69) is 10.2 Å². The molecule has 68 valence electrons. The minimum Gasteiger partial charge on any atom is -0.330 e. The number of piperazine rings is 1. The smallest absolute Gasteiger partial charge is 0.0107 e. The summed E-state index contributed by atoms with van der Waals surface area (Å²) in [6.07, 6.45) is 1.14. The van der Waals surface area contributed by atoms with Crippen molar-refractivity contribution in [3.63, 3.8) is 0 Å². The van der Waals surface area contributed by atoms with Gasteiger partial charge in [0.15, 0.2) is 0 Å². The number of halogens is 1. The maximum atomic E-state index is 5.40. The second-order valence-corrected chi connectivity index (χ2v) is 2.73. The van der Waals surface area contributed by atoms with E-state index < -0.39 is 0 Å². The van der Waals surface area contributed by atoms with Gasteiger partial charge in [-0.3, -0.25) is 0 Å². The van der Waals surface area contributed by atoms with Gasteiger partial charge in [0.25, 0.3) is 0 Å². The lowest BCUT2D eigenvalue weighted by Gasteiger charge is -2.26.